The minimum Gasteiger partial charge on any atom is -0.454 e. The Morgan fingerprint density at radius 1 is 0.702 bits per heavy atom. The highest BCUT2D eigenvalue weighted by Crippen LogP contribution is 2.36. The molecule has 3 aliphatic heterocycles. The van der Waals surface area contributed by atoms with Crippen LogP contribution in [0.25, 0.3) is 0 Å². The van der Waals surface area contributed by atoms with Gasteiger partial charge in [-0.3, -0.25) is 16.0 Å². The molecule has 47 heavy (non-hydrogen) atoms. The summed E-state index contributed by atoms with van der Waals surface area (Å²) in [6, 6.07) is 16.0. The van der Waals surface area contributed by atoms with Crippen LogP contribution in [0.1, 0.15) is 0 Å². The van der Waals surface area contributed by atoms with Crippen LogP contribution in [-0.4, -0.2) is 81.4 Å². The minimum absolute atomic E-state index is 0.0287. The third-order valence-electron chi connectivity index (χ3n) is 7.06. The Kier molecular flexibility index (Phi) is 9.67. The van der Waals surface area contributed by atoms with Gasteiger partial charge in [-0.2, -0.15) is 0 Å². The summed E-state index contributed by atoms with van der Waals surface area (Å²) in [6.07, 6.45) is -10.2. The summed E-state index contributed by atoms with van der Waals surface area (Å²) in [5.41, 5.74) is 0.980. The van der Waals surface area contributed by atoms with Crippen LogP contribution in [-0.2, 0) is 23.7 Å². The molecular weight excluding hydrogens is 690 g/mol. The van der Waals surface area contributed by atoms with Gasteiger partial charge in [0.1, 0.15) is 6.10 Å². The molecule has 3 aromatic carbocycles. The highest BCUT2D eigenvalue weighted by molar-refractivity contribution is 9.10. The lowest BCUT2D eigenvalue weighted by Crippen LogP contribution is -2.63. The van der Waals surface area contributed by atoms with E-state index in [-0.39, 0.29) is 19.3 Å². The van der Waals surface area contributed by atoms with Crippen LogP contribution in [0.2, 0.25) is 0 Å². The Balaban J connectivity index is 1.24. The largest absolute Gasteiger partial charge is 0.454 e. The van der Waals surface area contributed by atoms with Crippen molar-refractivity contribution >= 4 is 51.3 Å². The molecule has 17 heteroatoms. The Hall–Kier alpha value is -4.97. The SMILES string of the molecule is CO[C@H]1O[C@H](CO)[C@@H](OC(=O)Nc2ccc(Br)cc2)[C@H](OC(=O)Nc2ccc3c(c2)OCO3)[C@H]1OC(=O)Nc1ccc2c(c1)OCO2. The number of anilines is 3. The van der Waals surface area contributed by atoms with Gasteiger partial charge in [0.05, 0.1) is 6.61 Å². The third kappa shape index (κ3) is 7.54. The second kappa shape index (κ2) is 14.2. The average Bonchev–Trinajstić information content (AvgIpc) is 3.73. The Morgan fingerprint density at radius 3 is 1.70 bits per heavy atom. The summed E-state index contributed by atoms with van der Waals surface area (Å²) in [4.78, 5) is 39.4. The van der Waals surface area contributed by atoms with E-state index in [1.54, 1.807) is 48.5 Å². The lowest BCUT2D eigenvalue weighted by molar-refractivity contribution is -0.290. The maximum absolute atomic E-state index is 13.3. The Morgan fingerprint density at radius 2 is 1.17 bits per heavy atom. The number of aliphatic hydroxyl groups is 1. The summed E-state index contributed by atoms with van der Waals surface area (Å²) >= 11 is 3.32. The molecule has 6 rings (SSSR count). The molecule has 0 unspecified atom stereocenters. The van der Waals surface area contributed by atoms with E-state index in [9.17, 15) is 19.5 Å². The molecule has 0 aliphatic carbocycles. The van der Waals surface area contributed by atoms with E-state index >= 15 is 0 Å². The number of rotatable bonds is 8. The lowest BCUT2D eigenvalue weighted by atomic mass is 9.98. The molecule has 248 valence electrons. The van der Waals surface area contributed by atoms with Crippen LogP contribution in [0.4, 0.5) is 31.4 Å². The number of carbonyl (C=O) groups is 3. The van der Waals surface area contributed by atoms with Gasteiger partial charge in [0, 0.05) is 40.8 Å². The normalized spacial score (nSPS) is 22.1. The highest BCUT2D eigenvalue weighted by atomic mass is 79.9. The van der Waals surface area contributed by atoms with Crippen LogP contribution >= 0.6 is 15.9 Å². The van der Waals surface area contributed by atoms with E-state index in [1.807, 2.05) is 0 Å². The molecule has 16 nitrogen and oxygen atoms in total. The predicted octanol–water partition coefficient (Wildman–Crippen LogP) is 4.42. The van der Waals surface area contributed by atoms with Crippen molar-refractivity contribution in [3.8, 4) is 23.0 Å². The van der Waals surface area contributed by atoms with Crippen LogP contribution in [0, 0.1) is 0 Å². The van der Waals surface area contributed by atoms with Crippen LogP contribution < -0.4 is 34.9 Å². The standard InChI is InChI=1S/C30H28BrN3O13/c1-39-27-26(47-30(38)34-18-7-9-20-22(11-18)43-14-41-20)25(46-29(37)33-17-6-8-19-21(10-17)42-13-40-19)24(23(12-35)44-27)45-28(36)32-16-4-2-15(31)3-5-16/h2-11,23-27,35H,12-14H2,1H3,(H,32,36)(H,33,37)(H,34,38)/t23-,24-,25+,26-,27+/m1/s1. The first-order valence-electron chi connectivity index (χ1n) is 14.1. The number of ether oxygens (including phenoxy) is 9. The molecule has 3 amide bonds. The lowest BCUT2D eigenvalue weighted by Gasteiger charge is -2.43. The summed E-state index contributed by atoms with van der Waals surface area (Å²) in [6.45, 7) is -0.620. The molecular formula is C30H28BrN3O13. The number of fused-ring (bicyclic) bond motifs is 2. The average molecular weight is 718 g/mol. The molecule has 3 heterocycles. The number of amides is 3. The van der Waals surface area contributed by atoms with E-state index in [1.165, 1.54) is 19.2 Å². The van der Waals surface area contributed by atoms with E-state index in [0.29, 0.717) is 34.4 Å². The van der Waals surface area contributed by atoms with Crippen molar-refractivity contribution in [2.75, 3.05) is 43.3 Å². The smallest absolute Gasteiger partial charge is 0.412 e. The first kappa shape index (κ1) is 32.0. The monoisotopic (exact) mass is 717 g/mol. The van der Waals surface area contributed by atoms with Crippen molar-refractivity contribution in [2.45, 2.75) is 30.7 Å². The van der Waals surface area contributed by atoms with E-state index < -0.39 is 55.6 Å². The van der Waals surface area contributed by atoms with Gasteiger partial charge in [0.15, 0.2) is 47.6 Å². The zero-order valence-corrected chi connectivity index (χ0v) is 26.1. The fourth-order valence-corrected chi connectivity index (χ4v) is 5.18. The maximum atomic E-state index is 13.3. The van der Waals surface area contributed by atoms with Gasteiger partial charge in [-0.25, -0.2) is 14.4 Å². The van der Waals surface area contributed by atoms with Gasteiger partial charge in [-0.15, -0.1) is 0 Å². The molecule has 1 saturated heterocycles. The third-order valence-corrected chi connectivity index (χ3v) is 7.59. The number of hydrogen-bond acceptors (Lipinski definition) is 13. The second-order valence-electron chi connectivity index (χ2n) is 10.1. The van der Waals surface area contributed by atoms with Crippen LogP contribution in [0.5, 0.6) is 23.0 Å². The van der Waals surface area contributed by atoms with Crippen LogP contribution in [0.3, 0.4) is 0 Å². The zero-order chi connectivity index (χ0) is 32.9. The molecule has 3 aromatic rings. The van der Waals surface area contributed by atoms with Gasteiger partial charge in [-0.05, 0) is 48.5 Å². The molecule has 0 bridgehead atoms. The molecule has 0 aromatic heterocycles. The number of hydrogen-bond donors (Lipinski definition) is 4. The Labute approximate surface area is 275 Å². The number of nitrogens with one attached hydrogen (secondary N) is 3. The van der Waals surface area contributed by atoms with Gasteiger partial charge in [-0.1, -0.05) is 15.9 Å². The zero-order valence-electron chi connectivity index (χ0n) is 24.5. The van der Waals surface area contributed by atoms with E-state index in [4.69, 9.17) is 42.6 Å². The van der Waals surface area contributed by atoms with Crippen LogP contribution in [0.15, 0.2) is 65.1 Å². The summed E-state index contributed by atoms with van der Waals surface area (Å²) in [7, 11) is 1.26. The number of methoxy groups -OCH3 is 1. The quantitative estimate of drug-likeness (QED) is 0.240. The van der Waals surface area contributed by atoms with Gasteiger partial charge in [0.25, 0.3) is 0 Å². The predicted molar refractivity (Wildman–Crippen MR) is 164 cm³/mol. The highest BCUT2D eigenvalue weighted by Gasteiger charge is 2.53. The first-order chi connectivity index (χ1) is 22.8. The number of halogens is 1. The summed E-state index contributed by atoms with van der Waals surface area (Å²) in [5.74, 6) is 1.81. The van der Waals surface area contributed by atoms with Gasteiger partial charge in [0.2, 0.25) is 13.6 Å². The molecule has 0 saturated carbocycles. The first-order valence-corrected chi connectivity index (χ1v) is 14.9. The van der Waals surface area contributed by atoms with Crippen molar-refractivity contribution in [3.05, 3.63) is 65.1 Å². The number of benzene rings is 3. The maximum Gasteiger partial charge on any atom is 0.412 e. The van der Waals surface area contributed by atoms with E-state index in [2.05, 4.69) is 31.9 Å². The molecule has 0 radical (unpaired) electrons. The molecule has 0 spiro atoms. The fourth-order valence-electron chi connectivity index (χ4n) is 4.91. The number of aliphatic hydroxyl groups excluding tert-OH is 1. The second-order valence-corrected chi connectivity index (χ2v) is 11.0. The number of carbonyl (C=O) groups excluding carboxylic acids is 3. The van der Waals surface area contributed by atoms with Crippen molar-refractivity contribution in [2.24, 2.45) is 0 Å². The van der Waals surface area contributed by atoms with Gasteiger partial charge >= 0.3 is 18.3 Å². The summed E-state index contributed by atoms with van der Waals surface area (Å²) < 4.78 is 50.3. The Bertz CT molecular complexity index is 1630. The topological polar surface area (TPSA) is 191 Å². The molecule has 3 aliphatic rings. The van der Waals surface area contributed by atoms with Crippen molar-refractivity contribution in [1.29, 1.82) is 0 Å². The molecule has 4 N–H and O–H groups in total. The van der Waals surface area contributed by atoms with Gasteiger partial charge < -0.3 is 47.7 Å². The minimum atomic E-state index is -1.56. The van der Waals surface area contributed by atoms with Crippen molar-refractivity contribution in [1.82, 2.24) is 0 Å². The van der Waals surface area contributed by atoms with Crippen molar-refractivity contribution < 1.29 is 62.1 Å². The van der Waals surface area contributed by atoms with Crippen molar-refractivity contribution in [3.63, 3.8) is 0 Å². The fraction of sp³-hybridized carbons (Fsp3) is 0.300. The molecule has 1 fully saturated rings. The summed E-state index contributed by atoms with van der Waals surface area (Å²) in [5, 5.41) is 17.9. The van der Waals surface area contributed by atoms with E-state index in [0.717, 1.165) is 4.47 Å². The molecule has 5 atom stereocenters.